The molecule has 1 saturated carbocycles. The number of aromatic nitrogens is 4. The second kappa shape index (κ2) is 9.01. The molecule has 0 aliphatic heterocycles. The standard InChI is InChI=1S/C22H21ClF5N5O/c1-11-18(12(2)32(30-11)9-13-4-3-5-15(8-13)22(26,27)28)29-16(34)10-33-20(14-6-7-14)17(23)19(31-33)21(24)25/h3-5,8,14,21H,6-7,9-10H2,1-2H3,(H,29,34). The Labute approximate surface area is 196 Å². The van der Waals surface area contributed by atoms with Crippen LogP contribution in [0.5, 0.6) is 0 Å². The first-order valence-electron chi connectivity index (χ1n) is 10.5. The molecule has 3 aromatic rings. The Morgan fingerprint density at radius 3 is 2.53 bits per heavy atom. The first-order chi connectivity index (χ1) is 16.0. The van der Waals surface area contributed by atoms with Crippen molar-refractivity contribution in [3.8, 4) is 0 Å². The van der Waals surface area contributed by atoms with Gasteiger partial charge in [0.2, 0.25) is 5.91 Å². The number of halogens is 6. The van der Waals surface area contributed by atoms with Crippen LogP contribution in [-0.4, -0.2) is 25.5 Å². The number of alkyl halides is 5. The number of carbonyl (C=O) groups is 1. The summed E-state index contributed by atoms with van der Waals surface area (Å²) in [6, 6.07) is 4.93. The molecule has 1 aromatic carbocycles. The van der Waals surface area contributed by atoms with Gasteiger partial charge in [-0.3, -0.25) is 14.2 Å². The van der Waals surface area contributed by atoms with Crippen molar-refractivity contribution in [3.05, 3.63) is 63.2 Å². The van der Waals surface area contributed by atoms with Crippen LogP contribution in [0, 0.1) is 13.8 Å². The molecule has 0 unspecified atom stereocenters. The molecule has 2 aromatic heterocycles. The smallest absolute Gasteiger partial charge is 0.321 e. The zero-order valence-corrected chi connectivity index (χ0v) is 19.0. The molecule has 0 bridgehead atoms. The van der Waals surface area contributed by atoms with Crippen molar-refractivity contribution in [2.75, 3.05) is 5.32 Å². The van der Waals surface area contributed by atoms with E-state index >= 15 is 0 Å². The molecule has 0 spiro atoms. The van der Waals surface area contributed by atoms with Gasteiger partial charge in [-0.15, -0.1) is 0 Å². The number of amides is 1. The van der Waals surface area contributed by atoms with Crippen LogP contribution in [-0.2, 0) is 24.1 Å². The summed E-state index contributed by atoms with van der Waals surface area (Å²) in [6.07, 6.45) is -5.73. The molecule has 1 aliphatic carbocycles. The summed E-state index contributed by atoms with van der Waals surface area (Å²) in [5.74, 6) is -0.509. The molecular weight excluding hydrogens is 481 g/mol. The summed E-state index contributed by atoms with van der Waals surface area (Å²) < 4.78 is 68.2. The number of benzene rings is 1. The third-order valence-electron chi connectivity index (χ3n) is 5.65. The van der Waals surface area contributed by atoms with E-state index in [2.05, 4.69) is 15.5 Å². The minimum Gasteiger partial charge on any atom is -0.321 e. The molecule has 1 N–H and O–H groups in total. The van der Waals surface area contributed by atoms with Gasteiger partial charge in [0.15, 0.2) is 0 Å². The Morgan fingerprint density at radius 2 is 1.91 bits per heavy atom. The lowest BCUT2D eigenvalue weighted by Gasteiger charge is -2.11. The SMILES string of the molecule is Cc1nn(Cc2cccc(C(F)(F)F)c2)c(C)c1NC(=O)Cn1nc(C(F)F)c(Cl)c1C1CC1. The number of nitrogens with zero attached hydrogens (tertiary/aromatic N) is 4. The molecule has 0 radical (unpaired) electrons. The molecule has 1 fully saturated rings. The van der Waals surface area contributed by atoms with Gasteiger partial charge in [0.1, 0.15) is 12.2 Å². The molecule has 1 aliphatic rings. The van der Waals surface area contributed by atoms with Crippen molar-refractivity contribution < 1.29 is 26.7 Å². The fourth-order valence-electron chi connectivity index (χ4n) is 3.84. The van der Waals surface area contributed by atoms with Gasteiger partial charge in [-0.25, -0.2) is 8.78 Å². The highest BCUT2D eigenvalue weighted by molar-refractivity contribution is 6.32. The van der Waals surface area contributed by atoms with Gasteiger partial charge in [-0.05, 0) is 44.4 Å². The number of rotatable bonds is 7. The first kappa shape index (κ1) is 24.2. The molecule has 1 amide bonds. The molecule has 2 heterocycles. The molecule has 182 valence electrons. The van der Waals surface area contributed by atoms with Gasteiger partial charge in [0, 0.05) is 5.92 Å². The largest absolute Gasteiger partial charge is 0.416 e. The van der Waals surface area contributed by atoms with E-state index in [1.165, 1.54) is 15.4 Å². The van der Waals surface area contributed by atoms with Crippen LogP contribution in [0.15, 0.2) is 24.3 Å². The number of anilines is 1. The number of hydrogen-bond donors (Lipinski definition) is 1. The van der Waals surface area contributed by atoms with E-state index in [1.54, 1.807) is 19.9 Å². The van der Waals surface area contributed by atoms with E-state index in [9.17, 15) is 26.7 Å². The van der Waals surface area contributed by atoms with Crippen molar-refractivity contribution in [2.45, 2.75) is 58.3 Å². The van der Waals surface area contributed by atoms with Gasteiger partial charge < -0.3 is 5.32 Å². The molecule has 12 heteroatoms. The van der Waals surface area contributed by atoms with E-state index in [4.69, 9.17) is 11.6 Å². The zero-order valence-electron chi connectivity index (χ0n) is 18.3. The Kier molecular flexibility index (Phi) is 6.41. The quantitative estimate of drug-likeness (QED) is 0.412. The molecular formula is C22H21ClF5N5O. The lowest BCUT2D eigenvalue weighted by atomic mass is 10.1. The average molecular weight is 502 g/mol. The maximum Gasteiger partial charge on any atom is 0.416 e. The number of nitrogens with one attached hydrogen (secondary N) is 1. The molecule has 4 rings (SSSR count). The second-order valence-corrected chi connectivity index (χ2v) is 8.64. The summed E-state index contributed by atoms with van der Waals surface area (Å²) in [7, 11) is 0. The lowest BCUT2D eigenvalue weighted by Crippen LogP contribution is -2.21. The lowest BCUT2D eigenvalue weighted by molar-refractivity contribution is -0.137. The van der Waals surface area contributed by atoms with Crippen molar-refractivity contribution in [3.63, 3.8) is 0 Å². The molecule has 34 heavy (non-hydrogen) atoms. The summed E-state index contributed by atoms with van der Waals surface area (Å²) in [4.78, 5) is 12.7. The van der Waals surface area contributed by atoms with Crippen LogP contribution in [0.2, 0.25) is 5.02 Å². The summed E-state index contributed by atoms with van der Waals surface area (Å²) in [5, 5.41) is 10.8. The van der Waals surface area contributed by atoms with Crippen LogP contribution >= 0.6 is 11.6 Å². The van der Waals surface area contributed by atoms with Gasteiger partial charge in [-0.1, -0.05) is 23.7 Å². The fourth-order valence-corrected chi connectivity index (χ4v) is 4.22. The zero-order chi connectivity index (χ0) is 24.8. The van der Waals surface area contributed by atoms with Crippen molar-refractivity contribution in [1.82, 2.24) is 19.6 Å². The highest BCUT2D eigenvalue weighted by Gasteiger charge is 2.34. The number of aryl methyl sites for hydroxylation is 1. The van der Waals surface area contributed by atoms with Crippen molar-refractivity contribution in [1.29, 1.82) is 0 Å². The second-order valence-electron chi connectivity index (χ2n) is 8.27. The average Bonchev–Trinajstić information content (AvgIpc) is 3.48. The third-order valence-corrected chi connectivity index (χ3v) is 6.04. The Hall–Kier alpha value is -2.95. The number of hydrogen-bond acceptors (Lipinski definition) is 3. The monoisotopic (exact) mass is 501 g/mol. The van der Waals surface area contributed by atoms with Crippen LogP contribution < -0.4 is 5.32 Å². The van der Waals surface area contributed by atoms with E-state index in [0.717, 1.165) is 25.0 Å². The maximum absolute atomic E-state index is 13.2. The normalized spacial score (nSPS) is 14.1. The van der Waals surface area contributed by atoms with E-state index in [0.29, 0.717) is 28.3 Å². The van der Waals surface area contributed by atoms with Crippen LogP contribution in [0.4, 0.5) is 27.6 Å². The maximum atomic E-state index is 13.2. The summed E-state index contributed by atoms with van der Waals surface area (Å²) >= 11 is 6.09. The topological polar surface area (TPSA) is 64.7 Å². The minimum absolute atomic E-state index is 0.000941. The highest BCUT2D eigenvalue weighted by atomic mass is 35.5. The summed E-state index contributed by atoms with van der Waals surface area (Å²) in [5.41, 5.74) is 0.936. The van der Waals surface area contributed by atoms with Crippen molar-refractivity contribution in [2.24, 2.45) is 0 Å². The van der Waals surface area contributed by atoms with E-state index < -0.39 is 29.8 Å². The third kappa shape index (κ3) is 4.94. The Morgan fingerprint density at radius 1 is 1.21 bits per heavy atom. The first-order valence-corrected chi connectivity index (χ1v) is 10.9. The molecule has 0 saturated heterocycles. The predicted octanol–water partition coefficient (Wildman–Crippen LogP) is 5.87. The predicted molar refractivity (Wildman–Crippen MR) is 115 cm³/mol. The van der Waals surface area contributed by atoms with Gasteiger partial charge in [-0.2, -0.15) is 23.4 Å². The molecule has 6 nitrogen and oxygen atoms in total. The number of carbonyl (C=O) groups excluding carboxylic acids is 1. The summed E-state index contributed by atoms with van der Waals surface area (Å²) in [6.45, 7) is 3.10. The molecule has 0 atom stereocenters. The van der Waals surface area contributed by atoms with Crippen LogP contribution in [0.25, 0.3) is 0 Å². The van der Waals surface area contributed by atoms with Gasteiger partial charge in [0.05, 0.1) is 39.9 Å². The minimum atomic E-state index is -4.46. The van der Waals surface area contributed by atoms with Gasteiger partial charge >= 0.3 is 6.18 Å². The highest BCUT2D eigenvalue weighted by Crippen LogP contribution is 2.45. The van der Waals surface area contributed by atoms with Crippen LogP contribution in [0.3, 0.4) is 0 Å². The van der Waals surface area contributed by atoms with Crippen LogP contribution in [0.1, 0.15) is 59.1 Å². The Bertz CT molecular complexity index is 1230. The van der Waals surface area contributed by atoms with Crippen molar-refractivity contribution >= 4 is 23.2 Å². The fraction of sp³-hybridized carbons (Fsp3) is 0.409. The van der Waals surface area contributed by atoms with E-state index in [-0.39, 0.29) is 24.0 Å². The van der Waals surface area contributed by atoms with E-state index in [1.807, 2.05) is 0 Å². The Balaban J connectivity index is 1.52. The van der Waals surface area contributed by atoms with Gasteiger partial charge in [0.25, 0.3) is 6.43 Å².